The summed E-state index contributed by atoms with van der Waals surface area (Å²) in [7, 11) is 5.76. The summed E-state index contributed by atoms with van der Waals surface area (Å²) < 4.78 is 0. The van der Waals surface area contributed by atoms with Crippen molar-refractivity contribution in [1.82, 2.24) is 15.3 Å². The lowest BCUT2D eigenvalue weighted by Crippen LogP contribution is -2.25. The van der Waals surface area contributed by atoms with Gasteiger partial charge >= 0.3 is 0 Å². The molecule has 0 amide bonds. The Kier molecular flexibility index (Phi) is 15.7. The molecular weight excluding hydrogens is 212 g/mol. The van der Waals surface area contributed by atoms with Gasteiger partial charge in [-0.2, -0.15) is 0 Å². The topological polar surface area (TPSA) is 44.5 Å². The van der Waals surface area contributed by atoms with Crippen LogP contribution < -0.4 is 11.2 Å². The number of hydrogen-bond acceptors (Lipinski definition) is 4. The highest BCUT2D eigenvalue weighted by Gasteiger charge is 2.06. The zero-order valence-electron chi connectivity index (χ0n) is 12.8. The van der Waals surface area contributed by atoms with Gasteiger partial charge in [0.05, 0.1) is 0 Å². The van der Waals surface area contributed by atoms with Crippen molar-refractivity contribution in [3.05, 3.63) is 0 Å². The van der Waals surface area contributed by atoms with E-state index in [1.807, 2.05) is 33.1 Å². The van der Waals surface area contributed by atoms with Gasteiger partial charge in [-0.3, -0.25) is 10.4 Å². The Bertz CT molecular complexity index is 123. The number of nitrogens with one attached hydrogen (secondary N) is 1. The van der Waals surface area contributed by atoms with E-state index in [0.29, 0.717) is 6.04 Å². The maximum absolute atomic E-state index is 5.29. The highest BCUT2D eigenvalue weighted by molar-refractivity contribution is 4.62. The molecule has 0 saturated carbocycles. The zero-order valence-corrected chi connectivity index (χ0v) is 12.8. The molecule has 4 heteroatoms. The van der Waals surface area contributed by atoms with Crippen molar-refractivity contribution in [2.24, 2.45) is 5.73 Å². The highest BCUT2D eigenvalue weighted by atomic mass is 15.5. The van der Waals surface area contributed by atoms with Crippen LogP contribution in [0.3, 0.4) is 0 Å². The quantitative estimate of drug-likeness (QED) is 0.741. The fourth-order valence-electron chi connectivity index (χ4n) is 1.10. The second-order valence-corrected chi connectivity index (χ2v) is 4.64. The van der Waals surface area contributed by atoms with Crippen molar-refractivity contribution in [2.45, 2.75) is 46.1 Å². The Morgan fingerprint density at radius 1 is 1.24 bits per heavy atom. The van der Waals surface area contributed by atoms with Crippen LogP contribution in [0.5, 0.6) is 0 Å². The van der Waals surface area contributed by atoms with Crippen LogP contribution in [0.4, 0.5) is 0 Å². The van der Waals surface area contributed by atoms with E-state index in [9.17, 15) is 0 Å². The summed E-state index contributed by atoms with van der Waals surface area (Å²) in [6.07, 6.45) is 3.93. The van der Waals surface area contributed by atoms with Gasteiger partial charge in [0, 0.05) is 20.1 Å². The lowest BCUT2D eigenvalue weighted by molar-refractivity contribution is 0.323. The molecule has 1 saturated heterocycles. The molecule has 0 aromatic heterocycles. The van der Waals surface area contributed by atoms with Gasteiger partial charge in [0.15, 0.2) is 0 Å². The third-order valence-electron chi connectivity index (χ3n) is 2.74. The normalized spacial score (nSPS) is 16.9. The average molecular weight is 246 g/mol. The predicted octanol–water partition coefficient (Wildman–Crippen LogP) is 1.53. The van der Waals surface area contributed by atoms with E-state index in [0.717, 1.165) is 6.42 Å². The van der Waals surface area contributed by atoms with Crippen molar-refractivity contribution in [3.63, 3.8) is 0 Å². The molecule has 4 nitrogen and oxygen atoms in total. The van der Waals surface area contributed by atoms with Crippen molar-refractivity contribution in [1.29, 1.82) is 0 Å². The van der Waals surface area contributed by atoms with E-state index in [4.69, 9.17) is 5.73 Å². The fourth-order valence-corrected chi connectivity index (χ4v) is 1.10. The molecular formula is C13H34N4. The van der Waals surface area contributed by atoms with Crippen LogP contribution in [0.25, 0.3) is 0 Å². The number of likely N-dealkylation sites (tertiary alicyclic amines) is 1. The van der Waals surface area contributed by atoms with Crippen LogP contribution >= 0.6 is 0 Å². The van der Waals surface area contributed by atoms with Crippen LogP contribution in [-0.2, 0) is 0 Å². The van der Waals surface area contributed by atoms with E-state index in [2.05, 4.69) is 24.2 Å². The molecule has 1 fully saturated rings. The Balaban J connectivity index is 0. The standard InChI is InChI=1S/C6H13N.C4H11N.C3H10N2/c1-2-7-5-3-4-6-7;1-3-4(2)5;1-4-5(2)3/h2-6H2,1H3;4H,3,5H2,1-2H3;4H,1-3H3. The lowest BCUT2D eigenvalue weighted by atomic mass is 10.3. The molecule has 1 aliphatic heterocycles. The largest absolute Gasteiger partial charge is 0.328 e. The smallest absolute Gasteiger partial charge is 0.00128 e. The molecule has 0 bridgehead atoms. The average Bonchev–Trinajstić information content (AvgIpc) is 2.83. The number of hydrogen-bond donors (Lipinski definition) is 2. The molecule has 106 valence electrons. The lowest BCUT2D eigenvalue weighted by Gasteiger charge is -2.08. The minimum Gasteiger partial charge on any atom is -0.328 e. The van der Waals surface area contributed by atoms with Crippen LogP contribution in [-0.4, -0.2) is 56.7 Å². The van der Waals surface area contributed by atoms with E-state index in [1.165, 1.54) is 32.5 Å². The molecule has 1 rings (SSSR count). The van der Waals surface area contributed by atoms with Crippen LogP contribution in [0.1, 0.15) is 40.0 Å². The van der Waals surface area contributed by atoms with Gasteiger partial charge < -0.3 is 10.6 Å². The van der Waals surface area contributed by atoms with Crippen molar-refractivity contribution < 1.29 is 0 Å². The second kappa shape index (κ2) is 13.9. The van der Waals surface area contributed by atoms with Crippen LogP contribution in [0.2, 0.25) is 0 Å². The molecule has 0 spiro atoms. The highest BCUT2D eigenvalue weighted by Crippen LogP contribution is 2.04. The molecule has 17 heavy (non-hydrogen) atoms. The molecule has 1 atom stereocenters. The summed E-state index contributed by atoms with van der Waals surface area (Å²) in [5.74, 6) is 0. The number of hydrazine groups is 1. The van der Waals surface area contributed by atoms with Gasteiger partial charge in [-0.15, -0.1) is 0 Å². The first-order chi connectivity index (χ1) is 7.97. The first kappa shape index (κ1) is 19.2. The van der Waals surface area contributed by atoms with Gasteiger partial charge in [0.2, 0.25) is 0 Å². The maximum atomic E-state index is 5.29. The summed E-state index contributed by atoms with van der Waals surface area (Å²) in [5, 5.41) is 1.88. The molecule has 1 heterocycles. The summed E-state index contributed by atoms with van der Waals surface area (Å²) >= 11 is 0. The van der Waals surface area contributed by atoms with Crippen LogP contribution in [0.15, 0.2) is 0 Å². The Labute approximate surface area is 109 Å². The van der Waals surface area contributed by atoms with Gasteiger partial charge in [-0.1, -0.05) is 13.8 Å². The van der Waals surface area contributed by atoms with E-state index in [1.54, 1.807) is 0 Å². The van der Waals surface area contributed by atoms with E-state index >= 15 is 0 Å². The number of nitrogens with zero attached hydrogens (tertiary/aromatic N) is 2. The third kappa shape index (κ3) is 18.4. The SMILES string of the molecule is CCC(C)N.CCN1CCCC1.CNN(C)C. The Morgan fingerprint density at radius 2 is 1.59 bits per heavy atom. The molecule has 0 radical (unpaired) electrons. The summed E-state index contributed by atoms with van der Waals surface area (Å²) in [6, 6.07) is 0.384. The molecule has 0 aromatic carbocycles. The summed E-state index contributed by atoms with van der Waals surface area (Å²) in [5.41, 5.74) is 8.15. The first-order valence-electron chi connectivity index (χ1n) is 6.80. The van der Waals surface area contributed by atoms with Crippen molar-refractivity contribution >= 4 is 0 Å². The molecule has 0 aliphatic carbocycles. The van der Waals surface area contributed by atoms with Crippen molar-refractivity contribution in [3.8, 4) is 0 Å². The first-order valence-corrected chi connectivity index (χ1v) is 6.80. The Hall–Kier alpha value is -0.160. The van der Waals surface area contributed by atoms with E-state index < -0.39 is 0 Å². The van der Waals surface area contributed by atoms with Gasteiger partial charge in [-0.05, 0) is 52.9 Å². The van der Waals surface area contributed by atoms with Gasteiger partial charge in [0.1, 0.15) is 0 Å². The zero-order chi connectivity index (χ0) is 13.7. The third-order valence-corrected chi connectivity index (χ3v) is 2.74. The molecule has 1 aliphatic rings. The molecule has 0 aromatic rings. The maximum Gasteiger partial charge on any atom is 0.00128 e. The molecule has 1 unspecified atom stereocenters. The molecule has 3 N–H and O–H groups in total. The minimum absolute atomic E-state index is 0.384. The van der Waals surface area contributed by atoms with Crippen molar-refractivity contribution in [2.75, 3.05) is 40.8 Å². The second-order valence-electron chi connectivity index (χ2n) is 4.64. The predicted molar refractivity (Wildman–Crippen MR) is 78.0 cm³/mol. The number of nitrogens with two attached hydrogens (primary N) is 1. The van der Waals surface area contributed by atoms with Crippen LogP contribution in [0, 0.1) is 0 Å². The monoisotopic (exact) mass is 246 g/mol. The van der Waals surface area contributed by atoms with E-state index in [-0.39, 0.29) is 0 Å². The fraction of sp³-hybridized carbons (Fsp3) is 1.00. The minimum atomic E-state index is 0.384. The summed E-state index contributed by atoms with van der Waals surface area (Å²) in [4.78, 5) is 2.49. The summed E-state index contributed by atoms with van der Waals surface area (Å²) in [6.45, 7) is 10.2. The van der Waals surface area contributed by atoms with Gasteiger partial charge in [0.25, 0.3) is 0 Å². The Morgan fingerprint density at radius 3 is 1.71 bits per heavy atom. The van der Waals surface area contributed by atoms with Gasteiger partial charge in [-0.25, -0.2) is 0 Å². The number of rotatable bonds is 3.